The second-order valence-electron chi connectivity index (χ2n) is 5.76. The first-order valence-corrected chi connectivity index (χ1v) is 7.84. The summed E-state index contributed by atoms with van der Waals surface area (Å²) < 4.78 is 5.94. The largest absolute Gasteiger partial charge is 0.548 e. The highest BCUT2D eigenvalue weighted by Crippen LogP contribution is 2.35. The van der Waals surface area contributed by atoms with Crippen molar-refractivity contribution in [1.82, 2.24) is 9.97 Å². The molecule has 2 aromatic heterocycles. The highest BCUT2D eigenvalue weighted by Gasteiger charge is 2.30. The number of rotatable bonds is 3. The van der Waals surface area contributed by atoms with Crippen LogP contribution < -0.4 is 10.0 Å². The van der Waals surface area contributed by atoms with Crippen LogP contribution in [-0.4, -0.2) is 28.5 Å². The van der Waals surface area contributed by atoms with Gasteiger partial charge < -0.3 is 19.2 Å². The molecule has 3 heterocycles. The number of aliphatic carboxylic acids is 1. The topological polar surface area (TPSA) is 82.3 Å². The van der Waals surface area contributed by atoms with Crippen LogP contribution in [0.5, 0.6) is 0 Å². The maximum absolute atomic E-state index is 11.4. The van der Waals surface area contributed by atoms with E-state index in [0.717, 1.165) is 22.9 Å². The third kappa shape index (κ3) is 2.13. The number of hydrogen-bond donors (Lipinski definition) is 0. The molecule has 0 unspecified atom stereocenters. The number of furan rings is 1. The Morgan fingerprint density at radius 1 is 1.39 bits per heavy atom. The molecule has 0 amide bonds. The van der Waals surface area contributed by atoms with E-state index in [1.54, 1.807) is 4.90 Å². The van der Waals surface area contributed by atoms with E-state index in [1.807, 2.05) is 31.2 Å². The van der Waals surface area contributed by atoms with Gasteiger partial charge in [-0.15, -0.1) is 0 Å². The number of aryl methyl sites for hydroxylation is 1. The van der Waals surface area contributed by atoms with Gasteiger partial charge in [0.05, 0.1) is 12.0 Å². The predicted octanol–water partition coefficient (Wildman–Crippen LogP) is 1.66. The van der Waals surface area contributed by atoms with Gasteiger partial charge in [-0.1, -0.05) is 19.1 Å². The molecular formula is C17H16N3O3-. The lowest BCUT2D eigenvalue weighted by Gasteiger charge is -2.26. The Kier molecular flexibility index (Phi) is 3.18. The quantitative estimate of drug-likeness (QED) is 0.731. The zero-order valence-corrected chi connectivity index (χ0v) is 12.8. The smallest absolute Gasteiger partial charge is 0.196 e. The summed E-state index contributed by atoms with van der Waals surface area (Å²) in [5.41, 5.74) is 2.03. The van der Waals surface area contributed by atoms with Gasteiger partial charge in [0.1, 0.15) is 16.9 Å². The second kappa shape index (κ2) is 5.22. The van der Waals surface area contributed by atoms with Crippen molar-refractivity contribution < 1.29 is 14.3 Å². The van der Waals surface area contributed by atoms with E-state index in [0.29, 0.717) is 36.6 Å². The molecule has 6 nitrogen and oxygen atoms in total. The molecule has 4 rings (SSSR count). The molecule has 1 aliphatic heterocycles. The van der Waals surface area contributed by atoms with Crippen LogP contribution in [0.15, 0.2) is 28.7 Å². The number of carboxylic acid groups (broad SMARTS) is 1. The minimum Gasteiger partial charge on any atom is -0.548 e. The molecule has 1 aromatic carbocycles. The van der Waals surface area contributed by atoms with Crippen LogP contribution in [-0.2, 0) is 11.2 Å². The number of carboxylic acids is 1. The highest BCUT2D eigenvalue weighted by molar-refractivity contribution is 6.06. The van der Waals surface area contributed by atoms with Gasteiger partial charge in [-0.25, -0.2) is 9.97 Å². The summed E-state index contributed by atoms with van der Waals surface area (Å²) in [5.74, 6) is 0.182. The molecule has 0 N–H and O–H groups in total. The van der Waals surface area contributed by atoms with Crippen molar-refractivity contribution in [3.8, 4) is 0 Å². The van der Waals surface area contributed by atoms with Gasteiger partial charge in [0.2, 0.25) is 0 Å². The van der Waals surface area contributed by atoms with Gasteiger partial charge in [-0.05, 0) is 25.0 Å². The molecule has 3 aromatic rings. The average Bonchev–Trinajstić information content (AvgIpc) is 3.18. The van der Waals surface area contributed by atoms with Gasteiger partial charge in [-0.3, -0.25) is 0 Å². The molecule has 0 radical (unpaired) electrons. The van der Waals surface area contributed by atoms with Crippen LogP contribution >= 0.6 is 0 Å². The summed E-state index contributed by atoms with van der Waals surface area (Å²) in [6.45, 7) is 2.61. The number of hydrogen-bond acceptors (Lipinski definition) is 6. The van der Waals surface area contributed by atoms with E-state index < -0.39 is 12.0 Å². The summed E-state index contributed by atoms with van der Waals surface area (Å²) >= 11 is 0. The molecule has 23 heavy (non-hydrogen) atoms. The van der Waals surface area contributed by atoms with Crippen LogP contribution in [0.1, 0.15) is 25.6 Å². The standard InChI is InChI=1S/C17H17N3O3/c1-2-13-18-14-10-6-3-4-8-12(10)23-15(14)16(19-13)20-9-5-7-11(20)17(21)22/h3-4,6,8,11H,2,5,7,9H2,1H3,(H,21,22)/p-1/t11-/m1/s1. The van der Waals surface area contributed by atoms with E-state index in [2.05, 4.69) is 9.97 Å². The normalized spacial score (nSPS) is 18.1. The third-order valence-electron chi connectivity index (χ3n) is 4.36. The first-order chi connectivity index (χ1) is 11.2. The van der Waals surface area contributed by atoms with Crippen molar-refractivity contribution in [2.75, 3.05) is 11.4 Å². The summed E-state index contributed by atoms with van der Waals surface area (Å²) in [7, 11) is 0. The van der Waals surface area contributed by atoms with Gasteiger partial charge in [0.15, 0.2) is 11.4 Å². The fourth-order valence-electron chi connectivity index (χ4n) is 3.24. The summed E-state index contributed by atoms with van der Waals surface area (Å²) in [4.78, 5) is 22.3. The Morgan fingerprint density at radius 3 is 3.00 bits per heavy atom. The van der Waals surface area contributed by atoms with E-state index in [1.165, 1.54) is 0 Å². The fraction of sp³-hybridized carbons (Fsp3) is 0.353. The first-order valence-electron chi connectivity index (χ1n) is 7.84. The van der Waals surface area contributed by atoms with Crippen molar-refractivity contribution in [2.24, 2.45) is 0 Å². The lowest BCUT2D eigenvalue weighted by Crippen LogP contribution is -2.45. The van der Waals surface area contributed by atoms with Gasteiger partial charge in [0, 0.05) is 18.4 Å². The van der Waals surface area contributed by atoms with E-state index >= 15 is 0 Å². The molecule has 1 atom stereocenters. The number of anilines is 1. The van der Waals surface area contributed by atoms with Crippen molar-refractivity contribution in [2.45, 2.75) is 32.2 Å². The molecule has 6 heteroatoms. The Morgan fingerprint density at radius 2 is 2.22 bits per heavy atom. The van der Waals surface area contributed by atoms with Crippen LogP contribution in [0.4, 0.5) is 5.82 Å². The van der Waals surface area contributed by atoms with Gasteiger partial charge >= 0.3 is 0 Å². The SMILES string of the molecule is CCc1nc(N2CCC[C@@H]2C(=O)[O-])c2oc3ccccc3c2n1. The summed E-state index contributed by atoms with van der Waals surface area (Å²) in [5, 5.41) is 12.3. The van der Waals surface area contributed by atoms with Crippen molar-refractivity contribution in [3.63, 3.8) is 0 Å². The summed E-state index contributed by atoms with van der Waals surface area (Å²) in [6, 6.07) is 7.01. The first kappa shape index (κ1) is 14.0. The number of aromatic nitrogens is 2. The van der Waals surface area contributed by atoms with Gasteiger partial charge in [-0.2, -0.15) is 0 Å². The number of nitrogens with zero attached hydrogens (tertiary/aromatic N) is 3. The molecule has 1 saturated heterocycles. The molecule has 0 aliphatic carbocycles. The van der Waals surface area contributed by atoms with Crippen molar-refractivity contribution in [1.29, 1.82) is 0 Å². The second-order valence-corrected chi connectivity index (χ2v) is 5.76. The maximum Gasteiger partial charge on any atom is 0.196 e. The Bertz CT molecular complexity index is 903. The highest BCUT2D eigenvalue weighted by atomic mass is 16.4. The molecule has 0 saturated carbocycles. The van der Waals surface area contributed by atoms with Crippen LogP contribution in [0, 0.1) is 0 Å². The number of fused-ring (bicyclic) bond motifs is 3. The summed E-state index contributed by atoms with van der Waals surface area (Å²) in [6.07, 6.45) is 2.04. The zero-order valence-electron chi connectivity index (χ0n) is 12.8. The monoisotopic (exact) mass is 310 g/mol. The number of para-hydroxylation sites is 1. The number of carbonyl (C=O) groups excluding carboxylic acids is 1. The van der Waals surface area contributed by atoms with Crippen LogP contribution in [0.2, 0.25) is 0 Å². The Balaban J connectivity index is 1.99. The molecule has 0 bridgehead atoms. The van der Waals surface area contributed by atoms with E-state index in [4.69, 9.17) is 4.42 Å². The van der Waals surface area contributed by atoms with Crippen molar-refractivity contribution in [3.05, 3.63) is 30.1 Å². The van der Waals surface area contributed by atoms with E-state index in [9.17, 15) is 9.90 Å². The number of carbonyl (C=O) groups is 1. The number of benzene rings is 1. The molecular weight excluding hydrogens is 294 g/mol. The third-order valence-corrected chi connectivity index (χ3v) is 4.36. The van der Waals surface area contributed by atoms with E-state index in [-0.39, 0.29) is 0 Å². The van der Waals surface area contributed by atoms with Crippen molar-refractivity contribution >= 4 is 33.9 Å². The average molecular weight is 310 g/mol. The fourth-order valence-corrected chi connectivity index (χ4v) is 3.24. The molecule has 1 aliphatic rings. The predicted molar refractivity (Wildman–Crippen MR) is 84.1 cm³/mol. The Hall–Kier alpha value is -2.63. The lowest BCUT2D eigenvalue weighted by molar-refractivity contribution is -0.307. The Labute approximate surface area is 132 Å². The maximum atomic E-state index is 11.4. The minimum absolute atomic E-state index is 0.552. The van der Waals surface area contributed by atoms with Gasteiger partial charge in [0.25, 0.3) is 0 Å². The lowest BCUT2D eigenvalue weighted by atomic mass is 10.2. The molecule has 0 spiro atoms. The minimum atomic E-state index is -1.07. The molecule has 118 valence electrons. The van der Waals surface area contributed by atoms with Crippen LogP contribution in [0.3, 0.4) is 0 Å². The molecule has 1 fully saturated rings. The van der Waals surface area contributed by atoms with Crippen LogP contribution in [0.25, 0.3) is 22.1 Å². The zero-order chi connectivity index (χ0) is 16.0.